The summed E-state index contributed by atoms with van der Waals surface area (Å²) >= 11 is 0. The largest absolute Gasteiger partial charge is 0.373 e. The van der Waals surface area contributed by atoms with Gasteiger partial charge in [-0.15, -0.1) is 0 Å². The maximum Gasteiger partial charge on any atom is 0.261 e. The van der Waals surface area contributed by atoms with Crippen LogP contribution in [-0.2, 0) is 0 Å². The summed E-state index contributed by atoms with van der Waals surface area (Å²) in [7, 11) is 1.96. The van der Waals surface area contributed by atoms with Gasteiger partial charge in [-0.25, -0.2) is 9.07 Å². The van der Waals surface area contributed by atoms with Gasteiger partial charge in [0.1, 0.15) is 5.82 Å². The number of hydrogen-bond acceptors (Lipinski definition) is 3. The van der Waals surface area contributed by atoms with Crippen molar-refractivity contribution in [3.05, 3.63) is 72.3 Å². The summed E-state index contributed by atoms with van der Waals surface area (Å²) in [5.41, 5.74) is 2.82. The third-order valence-electron chi connectivity index (χ3n) is 4.61. The minimum Gasteiger partial charge on any atom is -0.373 e. The molecule has 0 unspecified atom stereocenters. The average Bonchev–Trinajstić information content (AvgIpc) is 3.09. The molecule has 2 aromatic carbocycles. The molecule has 0 saturated carbocycles. The predicted molar refractivity (Wildman–Crippen MR) is 99.5 cm³/mol. The lowest BCUT2D eigenvalue weighted by molar-refractivity contribution is 0.0987. The molecule has 2 heterocycles. The zero-order valence-corrected chi connectivity index (χ0v) is 14.5. The van der Waals surface area contributed by atoms with Crippen molar-refractivity contribution in [3.63, 3.8) is 0 Å². The van der Waals surface area contributed by atoms with Crippen molar-refractivity contribution in [2.75, 3.05) is 29.9 Å². The van der Waals surface area contributed by atoms with Crippen LogP contribution < -0.4 is 9.80 Å². The summed E-state index contributed by atoms with van der Waals surface area (Å²) in [6, 6.07) is 14.2. The van der Waals surface area contributed by atoms with Crippen LogP contribution in [0.4, 0.5) is 15.8 Å². The molecule has 1 aliphatic rings. The van der Waals surface area contributed by atoms with Gasteiger partial charge in [-0.3, -0.25) is 4.79 Å². The number of rotatable bonds is 2. The average molecular weight is 350 g/mol. The van der Waals surface area contributed by atoms with E-state index in [4.69, 9.17) is 0 Å². The van der Waals surface area contributed by atoms with Crippen LogP contribution >= 0.6 is 0 Å². The number of halogens is 1. The summed E-state index contributed by atoms with van der Waals surface area (Å²) in [5.74, 6) is -0.522. The fourth-order valence-electron chi connectivity index (χ4n) is 3.26. The van der Waals surface area contributed by atoms with Crippen LogP contribution in [-0.4, -0.2) is 35.8 Å². The van der Waals surface area contributed by atoms with Crippen LogP contribution in [0, 0.1) is 5.82 Å². The molecule has 0 atom stereocenters. The van der Waals surface area contributed by atoms with Gasteiger partial charge < -0.3 is 9.80 Å². The Morgan fingerprint density at radius 2 is 1.88 bits per heavy atom. The van der Waals surface area contributed by atoms with Crippen LogP contribution in [0.2, 0.25) is 0 Å². The van der Waals surface area contributed by atoms with Gasteiger partial charge >= 0.3 is 0 Å². The Morgan fingerprint density at radius 3 is 2.69 bits per heavy atom. The number of carbonyl (C=O) groups excluding carboxylic acids is 1. The first kappa shape index (κ1) is 16.3. The second-order valence-corrected chi connectivity index (χ2v) is 6.37. The molecule has 1 amide bonds. The highest BCUT2D eigenvalue weighted by molar-refractivity contribution is 6.07. The fourth-order valence-corrected chi connectivity index (χ4v) is 3.26. The van der Waals surface area contributed by atoms with E-state index >= 15 is 0 Å². The molecular formula is C20H19FN4O. The summed E-state index contributed by atoms with van der Waals surface area (Å²) in [5, 5.41) is 4.30. The molecule has 0 aliphatic carbocycles. The lowest BCUT2D eigenvalue weighted by Gasteiger charge is -2.24. The predicted octanol–water partition coefficient (Wildman–Crippen LogP) is 3.50. The number of hydrogen-bond donors (Lipinski definition) is 0. The van der Waals surface area contributed by atoms with Gasteiger partial charge in [0.25, 0.3) is 5.91 Å². The van der Waals surface area contributed by atoms with E-state index < -0.39 is 0 Å². The van der Waals surface area contributed by atoms with E-state index in [0.29, 0.717) is 17.8 Å². The number of aromatic nitrogens is 2. The number of benzene rings is 2. The van der Waals surface area contributed by atoms with Gasteiger partial charge in [0.15, 0.2) is 0 Å². The topological polar surface area (TPSA) is 41.4 Å². The minimum absolute atomic E-state index is 0.172. The second kappa shape index (κ2) is 6.63. The van der Waals surface area contributed by atoms with Crippen molar-refractivity contribution < 1.29 is 9.18 Å². The molecular weight excluding hydrogens is 331 g/mol. The normalized spacial score (nSPS) is 14.1. The molecule has 0 radical (unpaired) electrons. The van der Waals surface area contributed by atoms with Crippen molar-refractivity contribution >= 4 is 17.3 Å². The van der Waals surface area contributed by atoms with Crippen LogP contribution in [0.25, 0.3) is 5.69 Å². The molecule has 0 fully saturated rings. The Morgan fingerprint density at radius 1 is 1.08 bits per heavy atom. The van der Waals surface area contributed by atoms with E-state index in [-0.39, 0.29) is 11.7 Å². The summed E-state index contributed by atoms with van der Waals surface area (Å²) in [6.07, 6.45) is 4.08. The molecule has 5 nitrogen and oxygen atoms in total. The number of fused-ring (bicyclic) bond motifs is 1. The van der Waals surface area contributed by atoms with Crippen molar-refractivity contribution in [3.8, 4) is 5.69 Å². The molecule has 6 heteroatoms. The first-order valence-corrected chi connectivity index (χ1v) is 8.56. The molecule has 26 heavy (non-hydrogen) atoms. The van der Waals surface area contributed by atoms with Gasteiger partial charge in [0.05, 0.1) is 28.8 Å². The first-order valence-electron chi connectivity index (χ1n) is 8.56. The third kappa shape index (κ3) is 2.94. The van der Waals surface area contributed by atoms with Gasteiger partial charge in [0.2, 0.25) is 0 Å². The lowest BCUT2D eigenvalue weighted by Crippen LogP contribution is -2.31. The third-order valence-corrected chi connectivity index (χ3v) is 4.61. The van der Waals surface area contributed by atoms with Crippen LogP contribution in [0.1, 0.15) is 16.8 Å². The maximum absolute atomic E-state index is 13.8. The SMILES string of the molecule is CN1CCCN(C(=O)c2cnn(-c3ccccc3)c2)c2cc(F)ccc21. The van der Waals surface area contributed by atoms with Gasteiger partial charge in [0, 0.05) is 26.3 Å². The van der Waals surface area contributed by atoms with E-state index in [0.717, 1.165) is 24.3 Å². The number of carbonyl (C=O) groups is 1. The Bertz CT molecular complexity index is 938. The second-order valence-electron chi connectivity index (χ2n) is 6.37. The number of anilines is 2. The highest BCUT2D eigenvalue weighted by Gasteiger charge is 2.25. The molecule has 132 valence electrons. The van der Waals surface area contributed by atoms with Crippen molar-refractivity contribution in [1.82, 2.24) is 9.78 Å². The molecule has 0 spiro atoms. The van der Waals surface area contributed by atoms with Gasteiger partial charge in [-0.2, -0.15) is 5.10 Å². The maximum atomic E-state index is 13.8. The summed E-state index contributed by atoms with van der Waals surface area (Å²) in [6.45, 7) is 1.35. The molecule has 0 saturated heterocycles. The molecule has 0 bridgehead atoms. The van der Waals surface area contributed by atoms with Crippen molar-refractivity contribution in [2.24, 2.45) is 0 Å². The standard InChI is InChI=1S/C20H19FN4O/c1-23-10-5-11-24(19-12-16(21)8-9-18(19)23)20(26)15-13-22-25(14-15)17-6-3-2-4-7-17/h2-4,6-9,12-14H,5,10-11H2,1H3. The van der Waals surface area contributed by atoms with E-state index in [1.807, 2.05) is 37.4 Å². The zero-order valence-electron chi connectivity index (χ0n) is 14.5. The Labute approximate surface area is 151 Å². The Kier molecular flexibility index (Phi) is 4.16. The highest BCUT2D eigenvalue weighted by Crippen LogP contribution is 2.33. The van der Waals surface area contributed by atoms with Crippen LogP contribution in [0.5, 0.6) is 0 Å². The Hall–Kier alpha value is -3.15. The van der Waals surface area contributed by atoms with Gasteiger partial charge in [-0.05, 0) is 36.8 Å². The zero-order chi connectivity index (χ0) is 18.1. The minimum atomic E-state index is -0.350. The Balaban J connectivity index is 1.69. The van der Waals surface area contributed by atoms with E-state index in [1.54, 1.807) is 28.0 Å². The molecule has 1 aliphatic heterocycles. The molecule has 0 N–H and O–H groups in total. The summed E-state index contributed by atoms with van der Waals surface area (Å²) in [4.78, 5) is 16.8. The number of amides is 1. The number of nitrogens with zero attached hydrogens (tertiary/aromatic N) is 4. The smallest absolute Gasteiger partial charge is 0.261 e. The molecule has 1 aromatic heterocycles. The van der Waals surface area contributed by atoms with Gasteiger partial charge in [-0.1, -0.05) is 18.2 Å². The van der Waals surface area contributed by atoms with Crippen LogP contribution in [0.15, 0.2) is 60.9 Å². The fraction of sp³-hybridized carbons (Fsp3) is 0.200. The van der Waals surface area contributed by atoms with E-state index in [1.165, 1.54) is 12.1 Å². The first-order chi connectivity index (χ1) is 12.6. The molecule has 3 aromatic rings. The summed E-state index contributed by atoms with van der Waals surface area (Å²) < 4.78 is 15.5. The monoisotopic (exact) mass is 350 g/mol. The quantitative estimate of drug-likeness (QED) is 0.710. The van der Waals surface area contributed by atoms with Crippen molar-refractivity contribution in [2.45, 2.75) is 6.42 Å². The van der Waals surface area contributed by atoms with E-state index in [9.17, 15) is 9.18 Å². The van der Waals surface area contributed by atoms with Crippen LogP contribution in [0.3, 0.4) is 0 Å². The molecule has 4 rings (SSSR count). The van der Waals surface area contributed by atoms with Crippen molar-refractivity contribution in [1.29, 1.82) is 0 Å². The van der Waals surface area contributed by atoms with E-state index in [2.05, 4.69) is 10.00 Å². The highest BCUT2D eigenvalue weighted by atomic mass is 19.1. The number of para-hydroxylation sites is 1. The lowest BCUT2D eigenvalue weighted by atomic mass is 10.2.